The molecule has 6 nitrogen and oxygen atoms in total. The maximum absolute atomic E-state index is 10.8. The average molecular weight is 328 g/mol. The lowest BCUT2D eigenvalue weighted by molar-refractivity contribution is -0.148. The van der Waals surface area contributed by atoms with Gasteiger partial charge in [-0.15, -0.1) is 11.3 Å². The maximum Gasteiger partial charge on any atom is 0.333 e. The minimum absolute atomic E-state index is 0.206. The van der Waals surface area contributed by atoms with Crippen LogP contribution < -0.4 is 5.14 Å². The Morgan fingerprint density at radius 3 is 2.68 bits per heavy atom. The van der Waals surface area contributed by atoms with E-state index in [9.17, 15) is 8.42 Å². The molecule has 2 N–H and O–H groups in total. The molecule has 1 fully saturated rings. The monoisotopic (exact) mass is 327 g/mol. The summed E-state index contributed by atoms with van der Waals surface area (Å²) in [5, 5.41) is 4.80. The fraction of sp³-hybridized carbons (Fsp3) is 0.600. The van der Waals surface area contributed by atoms with E-state index in [-0.39, 0.29) is 6.61 Å². The van der Waals surface area contributed by atoms with Gasteiger partial charge in [0.25, 0.3) is 0 Å². The highest BCUT2D eigenvalue weighted by Crippen LogP contribution is 2.41. The fourth-order valence-corrected chi connectivity index (χ4v) is 3.31. The van der Waals surface area contributed by atoms with Crippen molar-refractivity contribution < 1.29 is 22.1 Å². The lowest BCUT2D eigenvalue weighted by Gasteiger charge is -2.16. The summed E-state index contributed by atoms with van der Waals surface area (Å²) in [7, 11) is -4.01. The Kier molecular flexibility index (Phi) is 4.22. The second-order valence-electron chi connectivity index (χ2n) is 4.51. The van der Waals surface area contributed by atoms with Crippen molar-refractivity contribution in [3.63, 3.8) is 0 Å². The lowest BCUT2D eigenvalue weighted by Crippen LogP contribution is -2.28. The Morgan fingerprint density at radius 1 is 1.47 bits per heavy atom. The van der Waals surface area contributed by atoms with Crippen LogP contribution in [0.1, 0.15) is 24.8 Å². The minimum Gasteiger partial charge on any atom is -0.342 e. The molecule has 19 heavy (non-hydrogen) atoms. The van der Waals surface area contributed by atoms with Gasteiger partial charge in [-0.05, 0) is 26.0 Å². The second-order valence-corrected chi connectivity index (χ2v) is 7.48. The summed E-state index contributed by atoms with van der Waals surface area (Å²) in [5.41, 5.74) is 0. The van der Waals surface area contributed by atoms with Gasteiger partial charge in [-0.1, -0.05) is 11.6 Å². The highest BCUT2D eigenvalue weighted by Gasteiger charge is 2.43. The summed E-state index contributed by atoms with van der Waals surface area (Å²) in [6, 6.07) is 3.56. The largest absolute Gasteiger partial charge is 0.342 e. The van der Waals surface area contributed by atoms with Crippen molar-refractivity contribution in [2.24, 2.45) is 5.14 Å². The van der Waals surface area contributed by atoms with Crippen molar-refractivity contribution >= 4 is 33.2 Å². The molecular formula is C10H14ClNO5S2. The van der Waals surface area contributed by atoms with E-state index in [0.717, 1.165) is 4.88 Å². The molecule has 2 heterocycles. The van der Waals surface area contributed by atoms with Crippen LogP contribution in [0.25, 0.3) is 0 Å². The zero-order valence-corrected chi connectivity index (χ0v) is 12.7. The fourth-order valence-electron chi connectivity index (χ4n) is 1.84. The number of nitrogens with two attached hydrogens (primary N) is 1. The summed E-state index contributed by atoms with van der Waals surface area (Å²) in [5.74, 6) is -0.826. The molecule has 2 unspecified atom stereocenters. The predicted octanol–water partition coefficient (Wildman–Crippen LogP) is 1.81. The summed E-state index contributed by atoms with van der Waals surface area (Å²) in [4.78, 5) is 0.846. The molecule has 2 rings (SSSR count). The Morgan fingerprint density at radius 2 is 2.16 bits per heavy atom. The van der Waals surface area contributed by atoms with Crippen LogP contribution in [0.2, 0.25) is 4.34 Å². The molecule has 1 aromatic rings. The molecule has 108 valence electrons. The SMILES string of the molecule is CC1(C)OC(COS(N)(=O)=O)C(c2ccc(Cl)s2)O1. The molecule has 0 radical (unpaired) electrons. The van der Waals surface area contributed by atoms with Crippen molar-refractivity contribution in [3.05, 3.63) is 21.3 Å². The summed E-state index contributed by atoms with van der Waals surface area (Å²) >= 11 is 7.23. The molecule has 1 saturated heterocycles. The molecule has 0 aromatic carbocycles. The van der Waals surface area contributed by atoms with Gasteiger partial charge in [0.05, 0.1) is 10.9 Å². The summed E-state index contributed by atoms with van der Waals surface area (Å²) in [6.07, 6.45) is -1.00. The van der Waals surface area contributed by atoms with Gasteiger partial charge in [0.2, 0.25) is 0 Å². The molecule has 0 aliphatic carbocycles. The Hall–Kier alpha value is -0.220. The first-order chi connectivity index (χ1) is 8.66. The average Bonchev–Trinajstić information content (AvgIpc) is 2.78. The molecule has 1 aromatic heterocycles. The molecule has 0 saturated carbocycles. The third-order valence-electron chi connectivity index (χ3n) is 2.45. The van der Waals surface area contributed by atoms with E-state index in [1.165, 1.54) is 11.3 Å². The van der Waals surface area contributed by atoms with E-state index in [0.29, 0.717) is 4.34 Å². The highest BCUT2D eigenvalue weighted by molar-refractivity contribution is 7.84. The predicted molar refractivity (Wildman–Crippen MR) is 71.2 cm³/mol. The van der Waals surface area contributed by atoms with E-state index >= 15 is 0 Å². The van der Waals surface area contributed by atoms with Crippen molar-refractivity contribution in [3.8, 4) is 0 Å². The van der Waals surface area contributed by atoms with Gasteiger partial charge < -0.3 is 9.47 Å². The van der Waals surface area contributed by atoms with Gasteiger partial charge in [0, 0.05) is 4.88 Å². The smallest absolute Gasteiger partial charge is 0.333 e. The topological polar surface area (TPSA) is 87.9 Å². The third-order valence-corrected chi connectivity index (χ3v) is 4.21. The quantitative estimate of drug-likeness (QED) is 0.911. The Balaban J connectivity index is 2.15. The van der Waals surface area contributed by atoms with Crippen LogP contribution in [0.3, 0.4) is 0 Å². The van der Waals surface area contributed by atoms with Gasteiger partial charge in [-0.2, -0.15) is 8.42 Å². The molecule has 9 heteroatoms. The normalized spacial score (nSPS) is 26.7. The Labute approximate surface area is 120 Å². The van der Waals surface area contributed by atoms with Crippen LogP contribution in [0, 0.1) is 0 Å². The molecule has 1 aliphatic rings. The first kappa shape index (κ1) is 15.2. The zero-order valence-electron chi connectivity index (χ0n) is 10.3. The van der Waals surface area contributed by atoms with Crippen LogP contribution >= 0.6 is 22.9 Å². The molecule has 0 amide bonds. The van der Waals surface area contributed by atoms with E-state index in [1.54, 1.807) is 19.9 Å². The number of rotatable bonds is 4. The highest BCUT2D eigenvalue weighted by atomic mass is 35.5. The first-order valence-electron chi connectivity index (χ1n) is 5.44. The van der Waals surface area contributed by atoms with E-state index in [4.69, 9.17) is 26.2 Å². The summed E-state index contributed by atoms with van der Waals surface area (Å²) < 4.78 is 38.2. The van der Waals surface area contributed by atoms with Gasteiger partial charge in [-0.3, -0.25) is 4.18 Å². The Bertz CT molecular complexity index is 556. The van der Waals surface area contributed by atoms with Gasteiger partial charge in [-0.25, -0.2) is 5.14 Å². The lowest BCUT2D eigenvalue weighted by atomic mass is 10.2. The molecular weight excluding hydrogens is 314 g/mol. The number of thiophene rings is 1. The van der Waals surface area contributed by atoms with E-state index < -0.39 is 28.3 Å². The van der Waals surface area contributed by atoms with Crippen LogP contribution in [0.15, 0.2) is 12.1 Å². The number of halogens is 1. The third kappa shape index (κ3) is 4.12. The van der Waals surface area contributed by atoms with Crippen LogP contribution in [0.5, 0.6) is 0 Å². The second kappa shape index (κ2) is 5.28. The zero-order chi connectivity index (χ0) is 14.3. The van der Waals surface area contributed by atoms with Crippen molar-refractivity contribution in [1.82, 2.24) is 0 Å². The molecule has 0 spiro atoms. The van der Waals surface area contributed by atoms with Crippen LogP contribution in [-0.4, -0.2) is 26.9 Å². The molecule has 1 aliphatic heterocycles. The summed E-state index contributed by atoms with van der Waals surface area (Å²) in [6.45, 7) is 3.28. The number of ether oxygens (including phenoxy) is 2. The van der Waals surface area contributed by atoms with Gasteiger partial charge in [0.15, 0.2) is 5.79 Å². The number of hydrogen-bond acceptors (Lipinski definition) is 6. The van der Waals surface area contributed by atoms with Crippen molar-refractivity contribution in [2.75, 3.05) is 6.61 Å². The van der Waals surface area contributed by atoms with Gasteiger partial charge in [0.1, 0.15) is 12.2 Å². The van der Waals surface area contributed by atoms with Crippen LogP contribution in [0.4, 0.5) is 0 Å². The van der Waals surface area contributed by atoms with E-state index in [2.05, 4.69) is 4.18 Å². The number of hydrogen-bond donors (Lipinski definition) is 1. The standard InChI is InChI=1S/C10H14ClNO5S2/c1-10(2)16-6(5-15-19(12,13)14)9(17-10)7-3-4-8(11)18-7/h3-4,6,9H,5H2,1-2H3,(H2,12,13,14). The minimum atomic E-state index is -4.01. The van der Waals surface area contributed by atoms with Crippen LogP contribution in [-0.2, 0) is 24.0 Å². The van der Waals surface area contributed by atoms with Gasteiger partial charge >= 0.3 is 10.3 Å². The van der Waals surface area contributed by atoms with E-state index in [1.807, 2.05) is 6.07 Å². The molecule has 0 bridgehead atoms. The maximum atomic E-state index is 10.8. The van der Waals surface area contributed by atoms with Crippen molar-refractivity contribution in [2.45, 2.75) is 31.8 Å². The van der Waals surface area contributed by atoms with Crippen molar-refractivity contribution in [1.29, 1.82) is 0 Å². The first-order valence-corrected chi connectivity index (χ1v) is 8.11. The molecule has 2 atom stereocenters.